The van der Waals surface area contributed by atoms with Crippen LogP contribution in [-0.4, -0.2) is 34.8 Å². The lowest BCUT2D eigenvalue weighted by molar-refractivity contribution is -0.275. The molecule has 0 fully saturated rings. The van der Waals surface area contributed by atoms with Crippen molar-refractivity contribution in [2.75, 3.05) is 5.75 Å². The molecule has 34 heavy (non-hydrogen) atoms. The number of alkyl halides is 3. The fourth-order valence-corrected chi connectivity index (χ4v) is 5.09. The molecule has 1 amide bonds. The molecule has 0 aromatic heterocycles. The van der Waals surface area contributed by atoms with Crippen molar-refractivity contribution in [2.24, 2.45) is 10.1 Å². The number of nitrogens with zero attached hydrogens (tertiary/aromatic N) is 2. The first kappa shape index (κ1) is 24.6. The third kappa shape index (κ3) is 4.69. The Morgan fingerprint density at radius 3 is 2.56 bits per heavy atom. The maximum absolute atomic E-state index is 14.2. The normalized spacial score (nSPS) is 22.1. The number of hydrogen-bond donors (Lipinski definition) is 1. The molecule has 4 rings (SSSR count). The van der Waals surface area contributed by atoms with Crippen molar-refractivity contribution in [3.05, 3.63) is 75.3 Å². The van der Waals surface area contributed by atoms with E-state index in [1.165, 1.54) is 36.0 Å². The molecule has 5 nitrogen and oxygen atoms in total. The summed E-state index contributed by atoms with van der Waals surface area (Å²) < 4.78 is 42.7. The minimum absolute atomic E-state index is 0.0481. The second kappa shape index (κ2) is 9.28. The van der Waals surface area contributed by atoms with Crippen molar-refractivity contribution >= 4 is 57.8 Å². The summed E-state index contributed by atoms with van der Waals surface area (Å²) in [6.07, 6.45) is -3.94. The quantitative estimate of drug-likeness (QED) is 0.497. The van der Waals surface area contributed by atoms with Crippen LogP contribution >= 0.6 is 35.0 Å². The number of carbonyl (C=O) groups is 1. The van der Waals surface area contributed by atoms with Crippen molar-refractivity contribution in [1.82, 2.24) is 5.32 Å². The molecule has 2 unspecified atom stereocenters. The molecular weight excluding hydrogens is 510 g/mol. The molecule has 0 radical (unpaired) electrons. The number of amidine groups is 1. The average Bonchev–Trinajstić information content (AvgIpc) is 3.39. The van der Waals surface area contributed by atoms with Crippen LogP contribution in [0.1, 0.15) is 40.4 Å². The Bertz CT molecular complexity index is 1210. The molecule has 2 aromatic rings. The molecule has 0 saturated heterocycles. The topological polar surface area (TPSA) is 63.0 Å². The van der Waals surface area contributed by atoms with Gasteiger partial charge in [0.1, 0.15) is 0 Å². The van der Waals surface area contributed by atoms with Gasteiger partial charge in [0.05, 0.1) is 11.8 Å². The number of carbonyl (C=O) groups excluding carboxylic acids is 1. The Morgan fingerprint density at radius 1 is 1.26 bits per heavy atom. The van der Waals surface area contributed by atoms with Gasteiger partial charge in [-0.2, -0.15) is 13.2 Å². The molecule has 2 aliphatic heterocycles. The summed E-state index contributed by atoms with van der Waals surface area (Å²) in [5, 5.41) is 7.13. The number of amides is 1. The van der Waals surface area contributed by atoms with E-state index in [-0.39, 0.29) is 33.3 Å². The molecule has 0 saturated carbocycles. The molecule has 0 spiro atoms. The number of aliphatic imine (C=N–C) groups is 1. The van der Waals surface area contributed by atoms with Gasteiger partial charge < -0.3 is 10.2 Å². The third-order valence-corrected chi connectivity index (χ3v) is 6.95. The largest absolute Gasteiger partial charge is 0.435 e. The van der Waals surface area contributed by atoms with Gasteiger partial charge in [0.15, 0.2) is 5.17 Å². The van der Waals surface area contributed by atoms with Crippen LogP contribution in [-0.2, 0) is 10.4 Å². The van der Waals surface area contributed by atoms with Crippen LogP contribution in [0.4, 0.5) is 13.2 Å². The van der Waals surface area contributed by atoms with Gasteiger partial charge in [0.25, 0.3) is 11.5 Å². The van der Waals surface area contributed by atoms with E-state index in [9.17, 15) is 18.0 Å². The van der Waals surface area contributed by atoms with Crippen LogP contribution < -0.4 is 5.32 Å². The monoisotopic (exact) mass is 527 g/mol. The van der Waals surface area contributed by atoms with Gasteiger partial charge in [-0.1, -0.05) is 58.8 Å². The lowest BCUT2D eigenvalue weighted by Crippen LogP contribution is -2.42. The molecule has 11 heteroatoms. The Morgan fingerprint density at radius 2 is 1.97 bits per heavy atom. The summed E-state index contributed by atoms with van der Waals surface area (Å²) in [7, 11) is 0. The molecule has 1 N–H and O–H groups in total. The van der Waals surface area contributed by atoms with Gasteiger partial charge >= 0.3 is 6.18 Å². The van der Waals surface area contributed by atoms with E-state index in [2.05, 4.69) is 22.0 Å². The first-order valence-corrected chi connectivity index (χ1v) is 11.8. The maximum Gasteiger partial charge on any atom is 0.435 e. The lowest BCUT2D eigenvalue weighted by atomic mass is 9.86. The molecule has 0 bridgehead atoms. The van der Waals surface area contributed by atoms with Crippen LogP contribution in [0.2, 0.25) is 10.0 Å². The molecule has 2 atom stereocenters. The van der Waals surface area contributed by atoms with Crippen molar-refractivity contribution in [1.29, 1.82) is 0 Å². The predicted octanol–water partition coefficient (Wildman–Crippen LogP) is 6.44. The van der Waals surface area contributed by atoms with E-state index in [1.807, 2.05) is 6.92 Å². The first-order valence-electron chi connectivity index (χ1n) is 10.1. The summed E-state index contributed by atoms with van der Waals surface area (Å²) in [4.78, 5) is 22.1. The molecule has 178 valence electrons. The van der Waals surface area contributed by atoms with E-state index < -0.39 is 18.2 Å². The minimum Gasteiger partial charge on any atom is -0.374 e. The highest BCUT2D eigenvalue weighted by molar-refractivity contribution is 8.14. The predicted molar refractivity (Wildman–Crippen MR) is 130 cm³/mol. The highest BCUT2D eigenvalue weighted by Crippen LogP contribution is 2.49. The maximum atomic E-state index is 14.2. The molecular formula is C23H18Cl2F3N3O2S. The van der Waals surface area contributed by atoms with Crippen LogP contribution in [0, 0.1) is 0 Å². The van der Waals surface area contributed by atoms with Crippen molar-refractivity contribution in [2.45, 2.75) is 31.2 Å². The highest BCUT2D eigenvalue weighted by Gasteiger charge is 2.62. The minimum atomic E-state index is -4.80. The summed E-state index contributed by atoms with van der Waals surface area (Å²) in [5.41, 5.74) is -1.81. The number of hydrogen-bond acceptors (Lipinski definition) is 5. The molecule has 2 heterocycles. The third-order valence-electron chi connectivity index (χ3n) is 5.38. The highest BCUT2D eigenvalue weighted by atomic mass is 35.5. The van der Waals surface area contributed by atoms with E-state index in [0.29, 0.717) is 21.9 Å². The van der Waals surface area contributed by atoms with Crippen LogP contribution in [0.15, 0.2) is 53.1 Å². The van der Waals surface area contributed by atoms with E-state index in [0.717, 1.165) is 17.9 Å². The Labute approximate surface area is 208 Å². The van der Waals surface area contributed by atoms with Gasteiger partial charge in [-0.25, -0.2) is 0 Å². The van der Waals surface area contributed by atoms with Gasteiger partial charge in [-0.15, -0.1) is 0 Å². The number of thioether (sulfide) groups is 1. The average molecular weight is 528 g/mol. The smallest absolute Gasteiger partial charge is 0.374 e. The number of nitrogens with one attached hydrogen (secondary N) is 1. The van der Waals surface area contributed by atoms with E-state index >= 15 is 0 Å². The fourth-order valence-electron chi connectivity index (χ4n) is 3.67. The molecule has 0 aliphatic carbocycles. The molecule has 2 aliphatic rings. The Balaban J connectivity index is 1.63. The van der Waals surface area contributed by atoms with Gasteiger partial charge in [0.2, 0.25) is 0 Å². The summed E-state index contributed by atoms with van der Waals surface area (Å²) >= 11 is 13.3. The fraction of sp³-hybridized carbons (Fsp3) is 0.261. The van der Waals surface area contributed by atoms with Crippen molar-refractivity contribution < 1.29 is 22.8 Å². The number of oxime groups is 1. The zero-order valence-electron chi connectivity index (χ0n) is 17.7. The Kier molecular flexibility index (Phi) is 6.72. The first-order chi connectivity index (χ1) is 16.0. The van der Waals surface area contributed by atoms with Crippen molar-refractivity contribution in [3.8, 4) is 0 Å². The number of rotatable bonds is 4. The zero-order valence-corrected chi connectivity index (χ0v) is 20.1. The number of benzene rings is 2. The van der Waals surface area contributed by atoms with Crippen LogP contribution in [0.3, 0.4) is 0 Å². The van der Waals surface area contributed by atoms with E-state index in [4.69, 9.17) is 28.0 Å². The SMILES string of the molecule is C=Cc1cc(C2=NOC(c3cc(Cl)cc(Cl)c3)(C(F)(F)F)C2)ccc1C(=O)NC1=NC(C)CS1. The van der Waals surface area contributed by atoms with Crippen LogP contribution in [0.5, 0.6) is 0 Å². The summed E-state index contributed by atoms with van der Waals surface area (Å²) in [6.45, 7) is 5.67. The van der Waals surface area contributed by atoms with Gasteiger partial charge in [0, 0.05) is 38.9 Å². The summed E-state index contributed by atoms with van der Waals surface area (Å²) in [5.74, 6) is 0.395. The van der Waals surface area contributed by atoms with Crippen LogP contribution in [0.25, 0.3) is 6.08 Å². The zero-order chi connectivity index (χ0) is 24.7. The second-order valence-corrected chi connectivity index (χ2v) is 9.73. The standard InChI is InChI=1S/C23H18Cl2F3N3O2S/c1-3-13-6-14(4-5-18(13)20(32)30-21-29-12(2)11-34-21)19-10-22(33-31-19,23(26,27)28)15-7-16(24)9-17(25)8-15/h3-9,12H,1,10-11H2,2H3,(H,29,30,32). The van der Waals surface area contributed by atoms with E-state index in [1.54, 1.807) is 6.07 Å². The van der Waals surface area contributed by atoms with Gasteiger partial charge in [-0.3, -0.25) is 9.79 Å². The molecule has 2 aromatic carbocycles. The number of halogens is 5. The lowest BCUT2D eigenvalue weighted by Gasteiger charge is -2.29. The summed E-state index contributed by atoms with van der Waals surface area (Å²) in [6, 6.07) is 8.35. The Hall–Kier alpha value is -2.49. The second-order valence-electron chi connectivity index (χ2n) is 7.84. The van der Waals surface area contributed by atoms with Crippen molar-refractivity contribution in [3.63, 3.8) is 0 Å². The van der Waals surface area contributed by atoms with Gasteiger partial charge in [-0.05, 0) is 42.8 Å².